The SMILES string of the molecule is CC1CCCCC1NC(=O)CCOc1ccc(S(C)(=O)=O)cc1. The van der Waals surface area contributed by atoms with Gasteiger partial charge >= 0.3 is 0 Å². The molecule has 6 heteroatoms. The first-order chi connectivity index (χ1) is 10.9. The Bertz CT molecular complexity index is 624. The number of sulfone groups is 1. The zero-order valence-corrected chi connectivity index (χ0v) is 14.6. The Labute approximate surface area is 138 Å². The van der Waals surface area contributed by atoms with Crippen LogP contribution in [0.5, 0.6) is 5.75 Å². The van der Waals surface area contributed by atoms with Gasteiger partial charge in [0.2, 0.25) is 5.91 Å². The van der Waals surface area contributed by atoms with Crippen LogP contribution in [0, 0.1) is 5.92 Å². The van der Waals surface area contributed by atoms with Gasteiger partial charge in [-0.25, -0.2) is 8.42 Å². The molecule has 23 heavy (non-hydrogen) atoms. The van der Waals surface area contributed by atoms with Crippen LogP contribution in [0.3, 0.4) is 0 Å². The molecule has 1 fully saturated rings. The van der Waals surface area contributed by atoms with Crippen molar-refractivity contribution in [2.45, 2.75) is 50.0 Å². The fraction of sp³-hybridized carbons (Fsp3) is 0.588. The molecule has 0 aliphatic heterocycles. The predicted molar refractivity (Wildman–Crippen MR) is 89.2 cm³/mol. The number of hydrogen-bond acceptors (Lipinski definition) is 4. The van der Waals surface area contributed by atoms with Crippen molar-refractivity contribution in [3.63, 3.8) is 0 Å². The molecule has 1 aromatic carbocycles. The second-order valence-corrected chi connectivity index (χ2v) is 8.29. The Morgan fingerprint density at radius 2 is 1.87 bits per heavy atom. The molecule has 1 N–H and O–H groups in total. The first-order valence-electron chi connectivity index (χ1n) is 8.08. The highest BCUT2D eigenvalue weighted by atomic mass is 32.2. The molecule has 1 aromatic rings. The van der Waals surface area contributed by atoms with Gasteiger partial charge in [0, 0.05) is 12.3 Å². The van der Waals surface area contributed by atoms with Gasteiger partial charge in [-0.15, -0.1) is 0 Å². The van der Waals surface area contributed by atoms with Crippen molar-refractivity contribution in [3.8, 4) is 5.75 Å². The van der Waals surface area contributed by atoms with Crippen LogP contribution in [-0.4, -0.2) is 33.2 Å². The molecule has 2 unspecified atom stereocenters. The lowest BCUT2D eigenvalue weighted by atomic mass is 9.86. The van der Waals surface area contributed by atoms with Crippen molar-refractivity contribution in [1.29, 1.82) is 0 Å². The number of benzene rings is 1. The first-order valence-corrected chi connectivity index (χ1v) is 9.97. The Hall–Kier alpha value is -1.56. The van der Waals surface area contributed by atoms with E-state index in [1.165, 1.54) is 37.7 Å². The monoisotopic (exact) mass is 339 g/mol. The van der Waals surface area contributed by atoms with Crippen molar-refractivity contribution in [2.75, 3.05) is 12.9 Å². The number of carbonyl (C=O) groups excluding carboxylic acids is 1. The van der Waals surface area contributed by atoms with Gasteiger partial charge in [-0.2, -0.15) is 0 Å². The van der Waals surface area contributed by atoms with Gasteiger partial charge in [0.15, 0.2) is 9.84 Å². The minimum Gasteiger partial charge on any atom is -0.493 e. The quantitative estimate of drug-likeness (QED) is 0.864. The number of ether oxygens (including phenoxy) is 1. The van der Waals surface area contributed by atoms with E-state index < -0.39 is 9.84 Å². The predicted octanol–water partition coefficient (Wildman–Crippen LogP) is 2.55. The van der Waals surface area contributed by atoms with E-state index >= 15 is 0 Å². The molecular weight excluding hydrogens is 314 g/mol. The first kappa shape index (κ1) is 17.8. The highest BCUT2D eigenvalue weighted by molar-refractivity contribution is 7.90. The van der Waals surface area contributed by atoms with Crippen LogP contribution in [-0.2, 0) is 14.6 Å². The van der Waals surface area contributed by atoms with E-state index in [0.717, 1.165) is 6.42 Å². The lowest BCUT2D eigenvalue weighted by Crippen LogP contribution is -2.41. The smallest absolute Gasteiger partial charge is 0.223 e. The summed E-state index contributed by atoms with van der Waals surface area (Å²) in [5.74, 6) is 1.12. The molecule has 0 bridgehead atoms. The van der Waals surface area contributed by atoms with Crippen LogP contribution >= 0.6 is 0 Å². The molecule has 0 heterocycles. The molecule has 0 spiro atoms. The molecule has 128 valence electrons. The third-order valence-corrected chi connectivity index (χ3v) is 5.44. The zero-order chi connectivity index (χ0) is 16.9. The number of nitrogens with one attached hydrogen (secondary N) is 1. The van der Waals surface area contributed by atoms with Gasteiger partial charge < -0.3 is 10.1 Å². The summed E-state index contributed by atoms with van der Waals surface area (Å²) in [5, 5.41) is 3.09. The largest absolute Gasteiger partial charge is 0.493 e. The van der Waals surface area contributed by atoms with Crippen LogP contribution in [0.4, 0.5) is 0 Å². The van der Waals surface area contributed by atoms with Crippen molar-refractivity contribution in [1.82, 2.24) is 5.32 Å². The van der Waals surface area contributed by atoms with Gasteiger partial charge in [0.25, 0.3) is 0 Å². The van der Waals surface area contributed by atoms with E-state index in [-0.39, 0.29) is 23.5 Å². The normalized spacial score (nSPS) is 21.7. The summed E-state index contributed by atoms with van der Waals surface area (Å²) < 4.78 is 28.2. The van der Waals surface area contributed by atoms with E-state index in [2.05, 4.69) is 12.2 Å². The van der Waals surface area contributed by atoms with Gasteiger partial charge in [0.05, 0.1) is 17.9 Å². The topological polar surface area (TPSA) is 72.5 Å². The molecule has 0 saturated heterocycles. The molecule has 0 radical (unpaired) electrons. The third kappa shape index (κ3) is 5.53. The van der Waals surface area contributed by atoms with E-state index in [4.69, 9.17) is 4.74 Å². The summed E-state index contributed by atoms with van der Waals surface area (Å²) in [6, 6.07) is 6.52. The standard InChI is InChI=1S/C17H25NO4S/c1-13-5-3-4-6-16(13)18-17(19)11-12-22-14-7-9-15(10-8-14)23(2,20)21/h7-10,13,16H,3-6,11-12H2,1-2H3,(H,18,19). The Kier molecular flexibility index (Phi) is 6.04. The molecule has 1 aliphatic carbocycles. The van der Waals surface area contributed by atoms with Crippen LogP contribution in [0.25, 0.3) is 0 Å². The fourth-order valence-corrected chi connectivity index (χ4v) is 3.48. The molecule has 1 aliphatic rings. The van der Waals surface area contributed by atoms with E-state index in [9.17, 15) is 13.2 Å². The summed E-state index contributed by atoms with van der Waals surface area (Å²) >= 11 is 0. The average molecular weight is 339 g/mol. The number of rotatable bonds is 6. The van der Waals surface area contributed by atoms with Crippen LogP contribution < -0.4 is 10.1 Å². The van der Waals surface area contributed by atoms with Crippen molar-refractivity contribution in [2.24, 2.45) is 5.92 Å². The highest BCUT2D eigenvalue weighted by Gasteiger charge is 2.22. The second-order valence-electron chi connectivity index (χ2n) is 6.28. The number of amides is 1. The Morgan fingerprint density at radius 1 is 1.22 bits per heavy atom. The Morgan fingerprint density at radius 3 is 2.48 bits per heavy atom. The van der Waals surface area contributed by atoms with Crippen LogP contribution in [0.15, 0.2) is 29.2 Å². The zero-order valence-electron chi connectivity index (χ0n) is 13.7. The maximum atomic E-state index is 12.0. The molecule has 5 nitrogen and oxygen atoms in total. The number of carbonyl (C=O) groups is 1. The van der Waals surface area contributed by atoms with Crippen molar-refractivity contribution < 1.29 is 17.9 Å². The third-order valence-electron chi connectivity index (χ3n) is 4.31. The molecule has 0 aromatic heterocycles. The second kappa shape index (κ2) is 7.81. The number of hydrogen-bond donors (Lipinski definition) is 1. The van der Waals surface area contributed by atoms with Gasteiger partial charge in [-0.3, -0.25) is 4.79 Å². The fourth-order valence-electron chi connectivity index (χ4n) is 2.85. The molecule has 1 amide bonds. The van der Waals surface area contributed by atoms with E-state index in [0.29, 0.717) is 18.1 Å². The summed E-state index contributed by atoms with van der Waals surface area (Å²) in [6.07, 6.45) is 6.13. The maximum Gasteiger partial charge on any atom is 0.223 e. The van der Waals surface area contributed by atoms with Crippen molar-refractivity contribution in [3.05, 3.63) is 24.3 Å². The average Bonchev–Trinajstić information content (AvgIpc) is 2.49. The summed E-state index contributed by atoms with van der Waals surface area (Å²) in [6.45, 7) is 2.47. The van der Waals surface area contributed by atoms with E-state index in [1.54, 1.807) is 12.1 Å². The molecular formula is C17H25NO4S. The Balaban J connectivity index is 1.75. The van der Waals surface area contributed by atoms with Crippen LogP contribution in [0.1, 0.15) is 39.0 Å². The van der Waals surface area contributed by atoms with Crippen LogP contribution in [0.2, 0.25) is 0 Å². The van der Waals surface area contributed by atoms with Crippen molar-refractivity contribution >= 4 is 15.7 Å². The molecule has 2 atom stereocenters. The maximum absolute atomic E-state index is 12.0. The minimum absolute atomic E-state index is 0.0107. The van der Waals surface area contributed by atoms with E-state index in [1.807, 2.05) is 0 Å². The molecule has 1 saturated carbocycles. The molecule has 2 rings (SSSR count). The van der Waals surface area contributed by atoms with Gasteiger partial charge in [0.1, 0.15) is 5.75 Å². The minimum atomic E-state index is -3.19. The summed E-state index contributed by atoms with van der Waals surface area (Å²) in [7, 11) is -3.19. The lowest BCUT2D eigenvalue weighted by molar-refractivity contribution is -0.122. The van der Waals surface area contributed by atoms with Gasteiger partial charge in [-0.05, 0) is 43.0 Å². The summed E-state index contributed by atoms with van der Waals surface area (Å²) in [4.78, 5) is 12.2. The van der Waals surface area contributed by atoms with Gasteiger partial charge in [-0.1, -0.05) is 19.8 Å². The lowest BCUT2D eigenvalue weighted by Gasteiger charge is -2.29. The highest BCUT2D eigenvalue weighted by Crippen LogP contribution is 2.23. The summed E-state index contributed by atoms with van der Waals surface area (Å²) in [5.41, 5.74) is 0.